The van der Waals surface area contributed by atoms with Crippen LogP contribution in [0.5, 0.6) is 0 Å². The summed E-state index contributed by atoms with van der Waals surface area (Å²) in [5.74, 6) is 0. The maximum absolute atomic E-state index is 9.17. The lowest BCUT2D eigenvalue weighted by Gasteiger charge is -2.38. The largest absolute Gasteiger partial charge is 0.395 e. The standard InChI is InChI=1S/C12H14BrNO3/c13-11-3-1-10(2-4-11)5-14-17-9-12(6-15)7-16-8-12/h1-5,15H,6-9H2/b14-5+. The van der Waals surface area contributed by atoms with Gasteiger partial charge in [-0.05, 0) is 17.7 Å². The Morgan fingerprint density at radius 3 is 2.65 bits per heavy atom. The number of aliphatic hydroxyl groups excluding tert-OH is 1. The van der Waals surface area contributed by atoms with Crippen LogP contribution in [0, 0.1) is 5.41 Å². The predicted molar refractivity (Wildman–Crippen MR) is 68.0 cm³/mol. The highest BCUT2D eigenvalue weighted by Gasteiger charge is 2.39. The molecule has 92 valence electrons. The van der Waals surface area contributed by atoms with E-state index in [4.69, 9.17) is 14.7 Å². The zero-order valence-electron chi connectivity index (χ0n) is 9.30. The van der Waals surface area contributed by atoms with Gasteiger partial charge in [0, 0.05) is 4.47 Å². The van der Waals surface area contributed by atoms with Crippen LogP contribution >= 0.6 is 15.9 Å². The van der Waals surface area contributed by atoms with Gasteiger partial charge in [0.1, 0.15) is 6.61 Å². The molecule has 0 unspecified atom stereocenters. The van der Waals surface area contributed by atoms with Gasteiger partial charge >= 0.3 is 0 Å². The second-order valence-corrected chi connectivity index (χ2v) is 5.13. The molecule has 0 aliphatic carbocycles. The number of aliphatic hydroxyl groups is 1. The number of halogens is 1. The van der Waals surface area contributed by atoms with Gasteiger partial charge in [-0.2, -0.15) is 0 Å². The third-order valence-corrected chi connectivity index (χ3v) is 3.20. The van der Waals surface area contributed by atoms with E-state index in [1.54, 1.807) is 6.21 Å². The number of oxime groups is 1. The first-order valence-electron chi connectivity index (χ1n) is 5.34. The van der Waals surface area contributed by atoms with Gasteiger partial charge in [-0.25, -0.2) is 0 Å². The third kappa shape index (κ3) is 3.28. The van der Waals surface area contributed by atoms with Gasteiger partial charge < -0.3 is 14.7 Å². The van der Waals surface area contributed by atoms with E-state index in [9.17, 15) is 0 Å². The molecule has 0 aromatic heterocycles. The Balaban J connectivity index is 1.80. The van der Waals surface area contributed by atoms with Gasteiger partial charge in [0.25, 0.3) is 0 Å². The number of benzene rings is 1. The summed E-state index contributed by atoms with van der Waals surface area (Å²) in [5.41, 5.74) is 0.716. The Labute approximate surface area is 108 Å². The first kappa shape index (κ1) is 12.5. The van der Waals surface area contributed by atoms with Crippen LogP contribution in [0.4, 0.5) is 0 Å². The highest BCUT2D eigenvalue weighted by Crippen LogP contribution is 2.26. The van der Waals surface area contributed by atoms with Crippen LogP contribution in [0.25, 0.3) is 0 Å². The predicted octanol–water partition coefficient (Wildman–Crippen LogP) is 1.81. The molecule has 0 bridgehead atoms. The maximum atomic E-state index is 9.17. The van der Waals surface area contributed by atoms with Crippen LogP contribution in [-0.4, -0.2) is 37.7 Å². The van der Waals surface area contributed by atoms with Crippen molar-refractivity contribution in [3.05, 3.63) is 34.3 Å². The summed E-state index contributed by atoms with van der Waals surface area (Å²) in [5, 5.41) is 13.0. The number of nitrogens with zero attached hydrogens (tertiary/aromatic N) is 1. The van der Waals surface area contributed by atoms with Crippen molar-refractivity contribution in [2.45, 2.75) is 0 Å². The number of rotatable bonds is 5. The zero-order valence-corrected chi connectivity index (χ0v) is 10.9. The fourth-order valence-electron chi connectivity index (χ4n) is 1.43. The number of ether oxygens (including phenoxy) is 1. The van der Waals surface area contributed by atoms with Crippen LogP contribution in [-0.2, 0) is 9.57 Å². The second-order valence-electron chi connectivity index (χ2n) is 4.21. The van der Waals surface area contributed by atoms with Crippen molar-refractivity contribution in [2.75, 3.05) is 26.4 Å². The SMILES string of the molecule is OCC1(CO/N=C/c2ccc(Br)cc2)COC1. The number of hydrogen-bond donors (Lipinski definition) is 1. The molecule has 0 saturated carbocycles. The summed E-state index contributed by atoms with van der Waals surface area (Å²) in [7, 11) is 0. The molecule has 1 aromatic rings. The molecule has 2 rings (SSSR count). The monoisotopic (exact) mass is 299 g/mol. The molecule has 17 heavy (non-hydrogen) atoms. The minimum absolute atomic E-state index is 0.0702. The van der Waals surface area contributed by atoms with Crippen LogP contribution in [0.15, 0.2) is 33.9 Å². The average molecular weight is 300 g/mol. The van der Waals surface area contributed by atoms with E-state index in [0.29, 0.717) is 19.8 Å². The smallest absolute Gasteiger partial charge is 0.129 e. The first-order chi connectivity index (χ1) is 8.24. The highest BCUT2D eigenvalue weighted by molar-refractivity contribution is 9.10. The van der Waals surface area contributed by atoms with Gasteiger partial charge in [-0.3, -0.25) is 0 Å². The van der Waals surface area contributed by atoms with Gasteiger partial charge in [-0.1, -0.05) is 33.2 Å². The summed E-state index contributed by atoms with van der Waals surface area (Å²) in [6.45, 7) is 1.53. The van der Waals surface area contributed by atoms with E-state index >= 15 is 0 Å². The molecule has 1 aliphatic heterocycles. The van der Waals surface area contributed by atoms with Gasteiger partial charge in [0.15, 0.2) is 0 Å². The van der Waals surface area contributed by atoms with Crippen LogP contribution in [0.1, 0.15) is 5.56 Å². The fourth-order valence-corrected chi connectivity index (χ4v) is 1.70. The van der Waals surface area contributed by atoms with E-state index in [1.807, 2.05) is 24.3 Å². The summed E-state index contributed by atoms with van der Waals surface area (Å²) in [6, 6.07) is 7.75. The molecule has 1 saturated heterocycles. The van der Waals surface area contributed by atoms with E-state index < -0.39 is 0 Å². The second kappa shape index (κ2) is 5.62. The van der Waals surface area contributed by atoms with Gasteiger partial charge in [0.2, 0.25) is 0 Å². The molecule has 1 fully saturated rings. The molecule has 1 N–H and O–H groups in total. The van der Waals surface area contributed by atoms with Crippen molar-refractivity contribution in [1.29, 1.82) is 0 Å². The summed E-state index contributed by atoms with van der Waals surface area (Å²) < 4.78 is 6.09. The summed E-state index contributed by atoms with van der Waals surface area (Å²) in [6.07, 6.45) is 1.65. The molecule has 0 atom stereocenters. The Bertz CT molecular complexity index is 382. The van der Waals surface area contributed by atoms with E-state index in [-0.39, 0.29) is 12.0 Å². The van der Waals surface area contributed by atoms with Crippen molar-refractivity contribution in [3.8, 4) is 0 Å². The van der Waals surface area contributed by atoms with Gasteiger partial charge in [0.05, 0.1) is 31.5 Å². The molecule has 1 heterocycles. The molecule has 0 spiro atoms. The lowest BCUT2D eigenvalue weighted by atomic mass is 9.88. The molecular weight excluding hydrogens is 286 g/mol. The highest BCUT2D eigenvalue weighted by atomic mass is 79.9. The maximum Gasteiger partial charge on any atom is 0.129 e. The van der Waals surface area contributed by atoms with Crippen LogP contribution < -0.4 is 0 Å². The van der Waals surface area contributed by atoms with Crippen molar-refractivity contribution in [2.24, 2.45) is 10.6 Å². The van der Waals surface area contributed by atoms with Crippen LogP contribution in [0.2, 0.25) is 0 Å². The Kier molecular flexibility index (Phi) is 4.15. The average Bonchev–Trinajstić information content (AvgIpc) is 2.30. The fraction of sp³-hybridized carbons (Fsp3) is 0.417. The molecule has 1 aliphatic rings. The topological polar surface area (TPSA) is 51.0 Å². The normalized spacial score (nSPS) is 18.0. The van der Waals surface area contributed by atoms with Crippen molar-refractivity contribution in [1.82, 2.24) is 0 Å². The molecule has 4 nitrogen and oxygen atoms in total. The number of hydrogen-bond acceptors (Lipinski definition) is 4. The Morgan fingerprint density at radius 1 is 1.41 bits per heavy atom. The molecule has 0 radical (unpaired) electrons. The summed E-state index contributed by atoms with van der Waals surface area (Å²) in [4.78, 5) is 5.18. The van der Waals surface area contributed by atoms with Crippen molar-refractivity contribution in [3.63, 3.8) is 0 Å². The quantitative estimate of drug-likeness (QED) is 0.666. The van der Waals surface area contributed by atoms with E-state index in [1.165, 1.54) is 0 Å². The molecule has 0 amide bonds. The van der Waals surface area contributed by atoms with E-state index in [2.05, 4.69) is 21.1 Å². The third-order valence-electron chi connectivity index (χ3n) is 2.67. The molecular formula is C12H14BrNO3. The van der Waals surface area contributed by atoms with Crippen molar-refractivity contribution < 1.29 is 14.7 Å². The van der Waals surface area contributed by atoms with Crippen LogP contribution in [0.3, 0.4) is 0 Å². The lowest BCUT2D eigenvalue weighted by molar-refractivity contribution is -0.168. The molecule has 1 aromatic carbocycles. The first-order valence-corrected chi connectivity index (χ1v) is 6.13. The minimum Gasteiger partial charge on any atom is -0.395 e. The van der Waals surface area contributed by atoms with E-state index in [0.717, 1.165) is 10.0 Å². The van der Waals surface area contributed by atoms with Crippen molar-refractivity contribution >= 4 is 22.1 Å². The Morgan fingerprint density at radius 2 is 2.12 bits per heavy atom. The van der Waals surface area contributed by atoms with Gasteiger partial charge in [-0.15, -0.1) is 0 Å². The Hall–Kier alpha value is -0.910. The lowest BCUT2D eigenvalue weighted by Crippen LogP contribution is -2.48. The molecule has 5 heteroatoms. The summed E-state index contributed by atoms with van der Waals surface area (Å²) >= 11 is 3.36. The zero-order chi connectivity index (χ0) is 12.1. The minimum atomic E-state index is -0.253.